The van der Waals surface area contributed by atoms with E-state index in [0.717, 1.165) is 38.2 Å². The lowest BCUT2D eigenvalue weighted by molar-refractivity contribution is -0.115. The number of ether oxygens (including phenoxy) is 1. The lowest BCUT2D eigenvalue weighted by Gasteiger charge is -2.23. The van der Waals surface area contributed by atoms with Crippen LogP contribution in [-0.2, 0) is 17.6 Å². The van der Waals surface area contributed by atoms with Crippen LogP contribution in [0.25, 0.3) is 0 Å². The number of carbonyl (C=O) groups is 1. The Morgan fingerprint density at radius 1 is 1.39 bits per heavy atom. The van der Waals surface area contributed by atoms with E-state index in [1.807, 2.05) is 12.1 Å². The van der Waals surface area contributed by atoms with E-state index in [4.69, 9.17) is 21.6 Å². The van der Waals surface area contributed by atoms with Crippen molar-refractivity contribution < 1.29 is 9.53 Å². The smallest absolute Gasteiger partial charge is 0.230 e. The summed E-state index contributed by atoms with van der Waals surface area (Å²) >= 11 is 6.47. The van der Waals surface area contributed by atoms with Crippen LogP contribution in [0.1, 0.15) is 29.8 Å². The number of nitriles is 1. The molecule has 31 heavy (non-hydrogen) atoms. The van der Waals surface area contributed by atoms with Crippen molar-refractivity contribution in [1.29, 1.82) is 5.26 Å². The van der Waals surface area contributed by atoms with Crippen LogP contribution < -0.4 is 20.7 Å². The topological polar surface area (TPSA) is 112 Å². The number of rotatable bonds is 9. The number of amides is 1. The van der Waals surface area contributed by atoms with Crippen LogP contribution in [0.15, 0.2) is 24.5 Å². The molecule has 0 aliphatic carbocycles. The lowest BCUT2D eigenvalue weighted by atomic mass is 10.00. The fourth-order valence-electron chi connectivity index (χ4n) is 3.54. The molecule has 0 unspecified atom stereocenters. The Balaban J connectivity index is 1.55. The first-order chi connectivity index (χ1) is 15.1. The van der Waals surface area contributed by atoms with Crippen molar-refractivity contribution in [2.24, 2.45) is 5.92 Å². The SMILES string of the molecule is COc1cc(CCNC[C@H]2CCCNC2)c(Cl)cc1NC(=O)Cc1cnc(C#N)cn1. The van der Waals surface area contributed by atoms with Crippen molar-refractivity contribution in [2.45, 2.75) is 25.7 Å². The van der Waals surface area contributed by atoms with Crippen molar-refractivity contribution in [3.8, 4) is 11.8 Å². The summed E-state index contributed by atoms with van der Waals surface area (Å²) in [5.41, 5.74) is 2.14. The Kier molecular flexibility index (Phi) is 8.59. The Morgan fingerprint density at radius 2 is 2.26 bits per heavy atom. The van der Waals surface area contributed by atoms with Crippen molar-refractivity contribution in [3.05, 3.63) is 46.5 Å². The first kappa shape index (κ1) is 22.9. The fourth-order valence-corrected chi connectivity index (χ4v) is 3.80. The van der Waals surface area contributed by atoms with Gasteiger partial charge in [-0.2, -0.15) is 5.26 Å². The molecule has 1 aromatic carbocycles. The van der Waals surface area contributed by atoms with Gasteiger partial charge in [-0.15, -0.1) is 0 Å². The van der Waals surface area contributed by atoms with Crippen molar-refractivity contribution in [1.82, 2.24) is 20.6 Å². The maximum Gasteiger partial charge on any atom is 0.230 e. The number of piperidine rings is 1. The van der Waals surface area contributed by atoms with Crippen molar-refractivity contribution in [2.75, 3.05) is 38.6 Å². The predicted octanol–water partition coefficient (Wildman–Crippen LogP) is 2.32. The number of methoxy groups -OCH3 is 1. The van der Waals surface area contributed by atoms with Crippen LogP contribution in [0.4, 0.5) is 5.69 Å². The molecule has 3 N–H and O–H groups in total. The molecule has 1 fully saturated rings. The summed E-state index contributed by atoms with van der Waals surface area (Å²) in [6.07, 6.45) is 6.05. The number of benzene rings is 1. The van der Waals surface area contributed by atoms with Gasteiger partial charge < -0.3 is 20.7 Å². The van der Waals surface area contributed by atoms with Crippen LogP contribution in [0.3, 0.4) is 0 Å². The van der Waals surface area contributed by atoms with E-state index in [-0.39, 0.29) is 18.0 Å². The Morgan fingerprint density at radius 3 is 2.94 bits per heavy atom. The number of carbonyl (C=O) groups excluding carboxylic acids is 1. The number of anilines is 1. The zero-order valence-electron chi connectivity index (χ0n) is 17.6. The first-order valence-electron chi connectivity index (χ1n) is 10.4. The molecule has 0 spiro atoms. The van der Waals surface area contributed by atoms with Gasteiger partial charge in [-0.05, 0) is 69.1 Å². The average Bonchev–Trinajstić information content (AvgIpc) is 2.79. The van der Waals surface area contributed by atoms with Crippen LogP contribution in [-0.4, -0.2) is 49.2 Å². The minimum atomic E-state index is -0.274. The molecule has 164 valence electrons. The second-order valence-electron chi connectivity index (χ2n) is 7.54. The standard InChI is InChI=1S/C22H27ClN6O2/c1-31-21-7-16(4-6-26-12-15-3-2-5-25-11-15)19(23)9-20(21)29-22(30)8-17-13-28-18(10-24)14-27-17/h7,9,13-15,25-26H,2-6,8,11-12H2,1H3,(H,29,30)/t15-/m0/s1. The molecule has 1 aliphatic heterocycles. The minimum Gasteiger partial charge on any atom is -0.495 e. The highest BCUT2D eigenvalue weighted by atomic mass is 35.5. The predicted molar refractivity (Wildman–Crippen MR) is 119 cm³/mol. The molecule has 1 aromatic heterocycles. The molecule has 0 saturated carbocycles. The average molecular weight is 443 g/mol. The molecule has 1 amide bonds. The molecule has 8 nitrogen and oxygen atoms in total. The summed E-state index contributed by atoms with van der Waals surface area (Å²) in [7, 11) is 1.56. The van der Waals surface area contributed by atoms with Crippen LogP contribution >= 0.6 is 11.6 Å². The number of halogens is 1. The second kappa shape index (κ2) is 11.6. The maximum atomic E-state index is 12.4. The highest BCUT2D eigenvalue weighted by molar-refractivity contribution is 6.31. The molecule has 2 heterocycles. The summed E-state index contributed by atoms with van der Waals surface area (Å²) in [6.45, 7) is 4.01. The number of nitrogens with one attached hydrogen (secondary N) is 3. The summed E-state index contributed by atoms with van der Waals surface area (Å²) in [4.78, 5) is 20.4. The van der Waals surface area contributed by atoms with E-state index in [2.05, 4.69) is 25.9 Å². The number of hydrogen-bond acceptors (Lipinski definition) is 7. The van der Waals surface area contributed by atoms with E-state index < -0.39 is 0 Å². The molecule has 1 aliphatic rings. The first-order valence-corrected chi connectivity index (χ1v) is 10.8. The molecular formula is C22H27ClN6O2. The third kappa shape index (κ3) is 6.89. The van der Waals surface area contributed by atoms with Gasteiger partial charge in [0, 0.05) is 5.02 Å². The highest BCUT2D eigenvalue weighted by Crippen LogP contribution is 2.31. The van der Waals surface area contributed by atoms with Gasteiger partial charge in [-0.3, -0.25) is 9.78 Å². The molecule has 3 rings (SSSR count). The quantitative estimate of drug-likeness (QED) is 0.511. The highest BCUT2D eigenvalue weighted by Gasteiger charge is 2.15. The zero-order valence-corrected chi connectivity index (χ0v) is 18.3. The summed E-state index contributed by atoms with van der Waals surface area (Å²) in [5.74, 6) is 0.955. The number of aromatic nitrogens is 2. The summed E-state index contributed by atoms with van der Waals surface area (Å²) in [6, 6.07) is 5.47. The van der Waals surface area contributed by atoms with Gasteiger partial charge in [0.15, 0.2) is 5.69 Å². The third-order valence-corrected chi connectivity index (χ3v) is 5.56. The normalized spacial score (nSPS) is 15.8. The summed E-state index contributed by atoms with van der Waals surface area (Å²) < 4.78 is 5.46. The number of nitrogens with zero attached hydrogens (tertiary/aromatic N) is 3. The molecule has 1 saturated heterocycles. The van der Waals surface area contributed by atoms with Crippen molar-refractivity contribution >= 4 is 23.2 Å². The zero-order chi connectivity index (χ0) is 22.1. The molecular weight excluding hydrogens is 416 g/mol. The van der Waals surface area contributed by atoms with Gasteiger partial charge in [-0.1, -0.05) is 11.6 Å². The van der Waals surface area contributed by atoms with E-state index in [1.54, 1.807) is 13.2 Å². The fraction of sp³-hybridized carbons (Fsp3) is 0.455. The van der Waals surface area contributed by atoms with E-state index in [0.29, 0.717) is 28.1 Å². The van der Waals surface area contributed by atoms with E-state index in [1.165, 1.54) is 25.2 Å². The molecule has 0 bridgehead atoms. The summed E-state index contributed by atoms with van der Waals surface area (Å²) in [5, 5.41) is 19.1. The van der Waals surface area contributed by atoms with Crippen LogP contribution in [0, 0.1) is 17.2 Å². The van der Waals surface area contributed by atoms with Gasteiger partial charge in [-0.25, -0.2) is 4.98 Å². The lowest BCUT2D eigenvalue weighted by Crippen LogP contribution is -2.36. The van der Waals surface area contributed by atoms with Gasteiger partial charge in [0.25, 0.3) is 0 Å². The largest absolute Gasteiger partial charge is 0.495 e. The van der Waals surface area contributed by atoms with E-state index in [9.17, 15) is 4.79 Å². The Labute approximate surface area is 187 Å². The van der Waals surface area contributed by atoms with Crippen molar-refractivity contribution in [3.63, 3.8) is 0 Å². The monoisotopic (exact) mass is 442 g/mol. The van der Waals surface area contributed by atoms with Crippen LogP contribution in [0.2, 0.25) is 5.02 Å². The molecule has 1 atom stereocenters. The third-order valence-electron chi connectivity index (χ3n) is 5.21. The molecule has 0 radical (unpaired) electrons. The minimum absolute atomic E-state index is 0.0289. The maximum absolute atomic E-state index is 12.4. The van der Waals surface area contributed by atoms with Gasteiger partial charge >= 0.3 is 0 Å². The van der Waals surface area contributed by atoms with Gasteiger partial charge in [0.05, 0.1) is 37.3 Å². The van der Waals surface area contributed by atoms with E-state index >= 15 is 0 Å². The number of hydrogen-bond donors (Lipinski definition) is 3. The Bertz CT molecular complexity index is 923. The Hall–Kier alpha value is -2.73. The van der Waals surface area contributed by atoms with Gasteiger partial charge in [0.1, 0.15) is 11.8 Å². The van der Waals surface area contributed by atoms with Gasteiger partial charge in [0.2, 0.25) is 5.91 Å². The van der Waals surface area contributed by atoms with Crippen LogP contribution in [0.5, 0.6) is 5.75 Å². The molecule has 9 heteroatoms. The second-order valence-corrected chi connectivity index (χ2v) is 7.95. The molecule has 2 aromatic rings.